The second-order valence-electron chi connectivity index (χ2n) is 8.77. The molecule has 1 heterocycles. The van der Waals surface area contributed by atoms with E-state index >= 15 is 0 Å². The van der Waals surface area contributed by atoms with Crippen LogP contribution < -0.4 is 5.32 Å². The van der Waals surface area contributed by atoms with Crippen LogP contribution in [0.4, 0.5) is 37.8 Å². The van der Waals surface area contributed by atoms with Gasteiger partial charge in [-0.15, -0.1) is 0 Å². The second-order valence-corrected chi connectivity index (χ2v) is 8.77. The average Bonchev–Trinajstić information content (AvgIpc) is 2.76. The third kappa shape index (κ3) is 8.16. The molecule has 0 radical (unpaired) electrons. The van der Waals surface area contributed by atoms with Crippen molar-refractivity contribution in [2.45, 2.75) is 64.4 Å². The van der Waals surface area contributed by atoms with Gasteiger partial charge in [0.05, 0.1) is 18.6 Å². The number of anilines is 1. The van der Waals surface area contributed by atoms with E-state index in [9.17, 15) is 51.2 Å². The normalized spacial score (nSPS) is 14.0. The predicted molar refractivity (Wildman–Crippen MR) is 116 cm³/mol. The second kappa shape index (κ2) is 11.9. The molecule has 1 atom stereocenters. The van der Waals surface area contributed by atoms with Crippen LogP contribution in [0.25, 0.3) is 0 Å². The molecule has 2 N–H and O–H groups in total. The summed E-state index contributed by atoms with van der Waals surface area (Å²) in [5, 5.41) is 23.4. The first kappa shape index (κ1) is 31.9. The van der Waals surface area contributed by atoms with E-state index in [-0.39, 0.29) is 38.5 Å². The van der Waals surface area contributed by atoms with Gasteiger partial charge in [-0.3, -0.25) is 10.1 Å². The third-order valence-corrected chi connectivity index (χ3v) is 5.45. The quantitative estimate of drug-likeness (QED) is 0.166. The molecule has 0 aliphatic rings. The van der Waals surface area contributed by atoms with Crippen LogP contribution >= 0.6 is 0 Å². The molecule has 0 saturated carbocycles. The smallest absolute Gasteiger partial charge is 0.428 e. The summed E-state index contributed by atoms with van der Waals surface area (Å²) >= 11 is 0. The molecule has 1 unspecified atom stereocenters. The van der Waals surface area contributed by atoms with Crippen LogP contribution in [0.2, 0.25) is 0 Å². The van der Waals surface area contributed by atoms with Gasteiger partial charge in [-0.05, 0) is 38.0 Å². The van der Waals surface area contributed by atoms with E-state index in [1.54, 1.807) is 13.8 Å². The molecular formula is C21H27F6N3O7. The van der Waals surface area contributed by atoms with Crippen molar-refractivity contribution >= 4 is 23.4 Å². The number of ether oxygens (including phenoxy) is 2. The number of alkyl halides is 6. The summed E-state index contributed by atoms with van der Waals surface area (Å²) in [4.78, 5) is 36.9. The Morgan fingerprint density at radius 3 is 2.19 bits per heavy atom. The van der Waals surface area contributed by atoms with E-state index in [0.717, 1.165) is 7.11 Å². The fourth-order valence-corrected chi connectivity index (χ4v) is 3.32. The molecule has 37 heavy (non-hydrogen) atoms. The van der Waals surface area contributed by atoms with Gasteiger partial charge in [-0.25, -0.2) is 14.6 Å². The van der Waals surface area contributed by atoms with E-state index in [2.05, 4.69) is 19.8 Å². The summed E-state index contributed by atoms with van der Waals surface area (Å²) < 4.78 is 89.0. The zero-order valence-corrected chi connectivity index (χ0v) is 20.4. The molecule has 0 aromatic carbocycles. The maximum atomic E-state index is 13.5. The fourth-order valence-electron chi connectivity index (χ4n) is 3.32. The minimum atomic E-state index is -5.28. The maximum Gasteiger partial charge on any atom is 0.428 e. The molecule has 1 rings (SSSR count). The number of nitrogens with one attached hydrogen (secondary N) is 1. The average molecular weight is 547 g/mol. The number of carbonyl (C=O) groups is 2. The lowest BCUT2D eigenvalue weighted by Crippen LogP contribution is -2.53. The number of aliphatic hydroxyl groups is 1. The molecule has 0 aliphatic carbocycles. The molecule has 0 aliphatic heterocycles. The van der Waals surface area contributed by atoms with Gasteiger partial charge in [-0.2, -0.15) is 26.3 Å². The fraction of sp³-hybridized carbons (Fsp3) is 0.667. The molecule has 210 valence electrons. The minimum absolute atomic E-state index is 0.0275. The van der Waals surface area contributed by atoms with Crippen LogP contribution in [0, 0.1) is 15.5 Å². The van der Waals surface area contributed by atoms with Gasteiger partial charge in [0.15, 0.2) is 0 Å². The topological polar surface area (TPSA) is 141 Å². The molecule has 0 fully saturated rings. The Balaban J connectivity index is 3.01. The Hall–Kier alpha value is -3.17. The first-order valence-electron chi connectivity index (χ1n) is 10.9. The first-order valence-corrected chi connectivity index (χ1v) is 10.9. The Morgan fingerprint density at radius 1 is 1.14 bits per heavy atom. The lowest BCUT2D eigenvalue weighted by atomic mass is 9.82. The van der Waals surface area contributed by atoms with E-state index in [1.165, 1.54) is 6.92 Å². The van der Waals surface area contributed by atoms with Gasteiger partial charge in [0.25, 0.3) is 5.60 Å². The van der Waals surface area contributed by atoms with Crippen molar-refractivity contribution in [1.82, 2.24) is 4.98 Å². The van der Waals surface area contributed by atoms with Crippen LogP contribution in [-0.2, 0) is 20.4 Å². The van der Waals surface area contributed by atoms with Gasteiger partial charge < -0.3 is 19.9 Å². The van der Waals surface area contributed by atoms with E-state index in [0.29, 0.717) is 0 Å². The molecule has 16 heteroatoms. The number of esters is 2. The van der Waals surface area contributed by atoms with Crippen molar-refractivity contribution in [3.05, 3.63) is 27.4 Å². The lowest BCUT2D eigenvalue weighted by Gasteiger charge is -2.30. The maximum absolute atomic E-state index is 13.5. The van der Waals surface area contributed by atoms with Gasteiger partial charge in [-0.1, -0.05) is 13.8 Å². The Kier molecular flexibility index (Phi) is 10.3. The highest BCUT2D eigenvalue weighted by molar-refractivity contribution is 5.92. The lowest BCUT2D eigenvalue weighted by molar-refractivity contribution is -0.385. The van der Waals surface area contributed by atoms with E-state index in [4.69, 9.17) is 0 Å². The van der Waals surface area contributed by atoms with Crippen LogP contribution in [0.5, 0.6) is 0 Å². The zero-order chi connectivity index (χ0) is 28.8. The number of methoxy groups -OCH3 is 1. The van der Waals surface area contributed by atoms with Crippen LogP contribution in [0.1, 0.15) is 62.5 Å². The number of hydrogen-bond donors (Lipinski definition) is 2. The summed E-state index contributed by atoms with van der Waals surface area (Å²) in [6, 6.07) is 0.153. The van der Waals surface area contributed by atoms with Gasteiger partial charge >= 0.3 is 30.0 Å². The highest BCUT2D eigenvalue weighted by atomic mass is 19.4. The highest BCUT2D eigenvalue weighted by Crippen LogP contribution is 2.39. The zero-order valence-electron chi connectivity index (χ0n) is 20.4. The number of nitro groups is 1. The molecule has 1 aromatic heterocycles. The first-order chi connectivity index (χ1) is 16.8. The van der Waals surface area contributed by atoms with Gasteiger partial charge in [0, 0.05) is 12.6 Å². The molecule has 0 bridgehead atoms. The third-order valence-electron chi connectivity index (χ3n) is 5.45. The van der Waals surface area contributed by atoms with Crippen LogP contribution in [0.15, 0.2) is 6.07 Å². The Bertz CT molecular complexity index is 998. The van der Waals surface area contributed by atoms with Crippen LogP contribution in [0.3, 0.4) is 0 Å². The van der Waals surface area contributed by atoms with Crippen molar-refractivity contribution in [2.24, 2.45) is 5.41 Å². The predicted octanol–water partition coefficient (Wildman–Crippen LogP) is 4.65. The largest absolute Gasteiger partial charge is 0.464 e. The SMILES string of the molecule is CCOC(=O)C(O)(CCCC(C)(C)CCNc1nc(C(=O)OC)c([N+](=O)[O-])cc1C(F)(F)F)C(F)(F)F. The Morgan fingerprint density at radius 2 is 1.73 bits per heavy atom. The number of carbonyl (C=O) groups excluding carboxylic acids is 2. The number of pyridine rings is 1. The van der Waals surface area contributed by atoms with Crippen molar-refractivity contribution in [1.29, 1.82) is 0 Å². The summed E-state index contributed by atoms with van der Waals surface area (Å²) in [6.45, 7) is 3.88. The summed E-state index contributed by atoms with van der Waals surface area (Å²) in [5.41, 5.74) is -8.16. The molecule has 0 saturated heterocycles. The standard InChI is InChI=1S/C21H27F6N3O7/c1-5-37-17(32)19(33,21(25,26)27)8-6-7-18(2,3)9-10-28-15-12(20(22,23)24)11-13(30(34)35)14(29-15)16(31)36-4/h11,33H,5-10H2,1-4H3,(H,28,29). The molecule has 0 spiro atoms. The molecule has 10 nitrogen and oxygen atoms in total. The van der Waals surface area contributed by atoms with Crippen molar-refractivity contribution in [3.8, 4) is 0 Å². The van der Waals surface area contributed by atoms with Crippen molar-refractivity contribution < 1.29 is 55.4 Å². The molecule has 1 aromatic rings. The van der Waals surface area contributed by atoms with E-state index in [1.807, 2.05) is 0 Å². The summed E-state index contributed by atoms with van der Waals surface area (Å²) in [5.74, 6) is -4.03. The number of aromatic nitrogens is 1. The van der Waals surface area contributed by atoms with Crippen molar-refractivity contribution in [3.63, 3.8) is 0 Å². The number of halogens is 6. The molecular weight excluding hydrogens is 520 g/mol. The molecule has 0 amide bonds. The number of hydrogen-bond acceptors (Lipinski definition) is 9. The van der Waals surface area contributed by atoms with E-state index < -0.39 is 69.4 Å². The van der Waals surface area contributed by atoms with Gasteiger partial charge in [0.2, 0.25) is 5.69 Å². The number of rotatable bonds is 12. The minimum Gasteiger partial charge on any atom is -0.464 e. The van der Waals surface area contributed by atoms with Crippen molar-refractivity contribution in [2.75, 3.05) is 25.6 Å². The van der Waals surface area contributed by atoms with Crippen LogP contribution in [-0.4, -0.2) is 59.0 Å². The monoisotopic (exact) mass is 547 g/mol. The number of nitrogens with zero attached hydrogens (tertiary/aromatic N) is 2. The summed E-state index contributed by atoms with van der Waals surface area (Å²) in [7, 11) is 0.864. The Labute approximate surface area is 207 Å². The van der Waals surface area contributed by atoms with Gasteiger partial charge in [0.1, 0.15) is 11.4 Å². The highest BCUT2D eigenvalue weighted by Gasteiger charge is 2.60. The summed E-state index contributed by atoms with van der Waals surface area (Å²) in [6.07, 6.45) is -11.5.